The van der Waals surface area contributed by atoms with Crippen molar-refractivity contribution in [1.82, 2.24) is 4.98 Å². The fraction of sp³-hybridized carbons (Fsp3) is 0.143. The molecule has 28 heavy (non-hydrogen) atoms. The van der Waals surface area contributed by atoms with Gasteiger partial charge in [-0.15, -0.1) is 11.8 Å². The molecule has 2 aromatic heterocycles. The third-order valence-corrected chi connectivity index (χ3v) is 6.13. The van der Waals surface area contributed by atoms with Crippen molar-refractivity contribution in [2.45, 2.75) is 11.4 Å². The first-order valence-electron chi connectivity index (χ1n) is 8.61. The van der Waals surface area contributed by atoms with Crippen molar-refractivity contribution in [3.63, 3.8) is 0 Å². The predicted octanol–water partition coefficient (Wildman–Crippen LogP) is 5.47. The van der Waals surface area contributed by atoms with Gasteiger partial charge in [0.25, 0.3) is 5.91 Å². The summed E-state index contributed by atoms with van der Waals surface area (Å²) >= 11 is 3.01. The third-order valence-electron chi connectivity index (χ3n) is 4.29. The van der Waals surface area contributed by atoms with Gasteiger partial charge in [-0.05, 0) is 48.7 Å². The second-order valence-electron chi connectivity index (χ2n) is 6.00. The second kappa shape index (κ2) is 8.08. The highest BCUT2D eigenvalue weighted by Gasteiger charge is 2.24. The molecule has 4 aromatic rings. The fourth-order valence-corrected chi connectivity index (χ4v) is 4.47. The van der Waals surface area contributed by atoms with Crippen LogP contribution in [-0.2, 0) is 6.54 Å². The second-order valence-corrected chi connectivity index (χ2v) is 7.86. The lowest BCUT2D eigenvalue weighted by Gasteiger charge is -2.20. The van der Waals surface area contributed by atoms with Gasteiger partial charge in [-0.1, -0.05) is 23.5 Å². The summed E-state index contributed by atoms with van der Waals surface area (Å²) in [6, 6.07) is 17.0. The average molecular weight is 411 g/mol. The lowest BCUT2D eigenvalue weighted by atomic mass is 10.2. The van der Waals surface area contributed by atoms with E-state index in [2.05, 4.69) is 0 Å². The number of ether oxygens (including phenoxy) is 1. The largest absolute Gasteiger partial charge is 0.497 e. The van der Waals surface area contributed by atoms with Crippen molar-refractivity contribution in [3.8, 4) is 5.75 Å². The Bertz CT molecular complexity index is 1110. The van der Waals surface area contributed by atoms with E-state index < -0.39 is 0 Å². The molecule has 0 spiro atoms. The van der Waals surface area contributed by atoms with Gasteiger partial charge in [0, 0.05) is 4.90 Å². The molecule has 0 N–H and O–H groups in total. The summed E-state index contributed by atoms with van der Waals surface area (Å²) in [5.41, 5.74) is 1.48. The van der Waals surface area contributed by atoms with E-state index in [1.54, 1.807) is 30.0 Å². The normalized spacial score (nSPS) is 10.9. The highest BCUT2D eigenvalue weighted by Crippen LogP contribution is 2.34. The lowest BCUT2D eigenvalue weighted by Crippen LogP contribution is -2.30. The van der Waals surface area contributed by atoms with Crippen LogP contribution in [0.5, 0.6) is 5.75 Å². The Morgan fingerprint density at radius 1 is 1.21 bits per heavy atom. The van der Waals surface area contributed by atoms with Gasteiger partial charge in [-0.3, -0.25) is 9.69 Å². The Labute approximate surface area is 170 Å². The molecule has 0 aliphatic rings. The number of thioether (sulfide) groups is 1. The monoisotopic (exact) mass is 410 g/mol. The molecule has 2 heterocycles. The number of thiazole rings is 1. The average Bonchev–Trinajstić information content (AvgIpc) is 3.40. The Hall–Kier alpha value is -2.77. The van der Waals surface area contributed by atoms with E-state index in [-0.39, 0.29) is 5.91 Å². The van der Waals surface area contributed by atoms with Gasteiger partial charge >= 0.3 is 0 Å². The van der Waals surface area contributed by atoms with Gasteiger partial charge in [0.05, 0.1) is 35.7 Å². The zero-order chi connectivity index (χ0) is 19.5. The van der Waals surface area contributed by atoms with Crippen LogP contribution in [0.3, 0.4) is 0 Å². The minimum atomic E-state index is -0.104. The number of methoxy groups -OCH3 is 1. The summed E-state index contributed by atoms with van der Waals surface area (Å²) in [6.07, 6.45) is 3.57. The number of hydrogen-bond acceptors (Lipinski definition) is 6. The van der Waals surface area contributed by atoms with E-state index in [4.69, 9.17) is 14.1 Å². The number of amides is 1. The van der Waals surface area contributed by atoms with Crippen LogP contribution in [0.25, 0.3) is 10.2 Å². The fourth-order valence-electron chi connectivity index (χ4n) is 2.89. The minimum Gasteiger partial charge on any atom is -0.497 e. The minimum absolute atomic E-state index is 0.104. The van der Waals surface area contributed by atoms with Crippen LogP contribution in [0.4, 0.5) is 5.13 Å². The zero-order valence-corrected chi connectivity index (χ0v) is 17.0. The van der Waals surface area contributed by atoms with Crippen LogP contribution in [0.2, 0.25) is 0 Å². The lowest BCUT2D eigenvalue weighted by molar-refractivity contribution is 0.0980. The number of furan rings is 1. The summed E-state index contributed by atoms with van der Waals surface area (Å²) < 4.78 is 11.8. The van der Waals surface area contributed by atoms with Gasteiger partial charge in [-0.25, -0.2) is 4.98 Å². The van der Waals surface area contributed by atoms with Crippen molar-refractivity contribution in [1.29, 1.82) is 0 Å². The third kappa shape index (κ3) is 3.63. The maximum absolute atomic E-state index is 13.5. The van der Waals surface area contributed by atoms with Crippen LogP contribution >= 0.6 is 23.1 Å². The van der Waals surface area contributed by atoms with E-state index in [1.165, 1.54) is 11.3 Å². The quantitative estimate of drug-likeness (QED) is 0.395. The highest BCUT2D eigenvalue weighted by atomic mass is 32.2. The number of anilines is 1. The molecular formula is C21H18N2O3S2. The Morgan fingerprint density at radius 3 is 2.82 bits per heavy atom. The van der Waals surface area contributed by atoms with E-state index in [1.807, 2.05) is 60.9 Å². The molecule has 0 radical (unpaired) electrons. The molecule has 0 saturated carbocycles. The topological polar surface area (TPSA) is 55.6 Å². The van der Waals surface area contributed by atoms with Crippen molar-refractivity contribution in [2.24, 2.45) is 0 Å². The van der Waals surface area contributed by atoms with E-state index in [9.17, 15) is 4.79 Å². The van der Waals surface area contributed by atoms with Crippen LogP contribution in [0, 0.1) is 0 Å². The number of aromatic nitrogens is 1. The van der Waals surface area contributed by atoms with Crippen LogP contribution < -0.4 is 9.64 Å². The van der Waals surface area contributed by atoms with Crippen LogP contribution in [0.1, 0.15) is 16.1 Å². The molecule has 2 aromatic carbocycles. The summed E-state index contributed by atoms with van der Waals surface area (Å²) in [4.78, 5) is 20.8. The molecule has 0 bridgehead atoms. The van der Waals surface area contributed by atoms with Crippen molar-refractivity contribution in [3.05, 3.63) is 72.2 Å². The van der Waals surface area contributed by atoms with Crippen LogP contribution in [0.15, 0.2) is 70.2 Å². The SMILES string of the molecule is COc1ccc2nc(N(Cc3ccco3)C(=O)c3ccccc3SC)sc2c1. The van der Waals surface area contributed by atoms with Crippen molar-refractivity contribution in [2.75, 3.05) is 18.3 Å². The summed E-state index contributed by atoms with van der Waals surface area (Å²) in [6.45, 7) is 0.311. The zero-order valence-electron chi connectivity index (χ0n) is 15.4. The maximum Gasteiger partial charge on any atom is 0.261 e. The smallest absolute Gasteiger partial charge is 0.261 e. The number of carbonyl (C=O) groups is 1. The van der Waals surface area contributed by atoms with E-state index in [0.29, 0.717) is 23.0 Å². The molecule has 0 atom stereocenters. The molecular weight excluding hydrogens is 392 g/mol. The molecule has 1 amide bonds. The molecule has 0 aliphatic heterocycles. The predicted molar refractivity (Wildman–Crippen MR) is 114 cm³/mol. The van der Waals surface area contributed by atoms with Gasteiger partial charge in [0.15, 0.2) is 5.13 Å². The number of rotatable bonds is 6. The molecule has 0 fully saturated rings. The molecule has 0 unspecified atom stereocenters. The molecule has 7 heteroatoms. The standard InChI is InChI=1S/C21H18N2O3S2/c1-25-14-9-10-17-19(12-14)28-21(22-17)23(13-15-6-5-11-26-15)20(24)16-7-3-4-8-18(16)27-2/h3-12H,13H2,1-2H3. The first-order chi connectivity index (χ1) is 13.7. The number of carbonyl (C=O) groups excluding carboxylic acids is 1. The van der Waals surface area contributed by atoms with E-state index in [0.717, 1.165) is 20.9 Å². The molecule has 0 aliphatic carbocycles. The van der Waals surface area contributed by atoms with Gasteiger partial charge < -0.3 is 9.15 Å². The number of hydrogen-bond donors (Lipinski definition) is 0. The summed E-state index contributed by atoms with van der Waals surface area (Å²) in [5.74, 6) is 1.36. The maximum atomic E-state index is 13.5. The van der Waals surface area contributed by atoms with Gasteiger partial charge in [0.1, 0.15) is 11.5 Å². The van der Waals surface area contributed by atoms with Crippen molar-refractivity contribution < 1.29 is 13.9 Å². The first kappa shape index (κ1) is 18.6. The highest BCUT2D eigenvalue weighted by molar-refractivity contribution is 7.98. The molecule has 5 nitrogen and oxygen atoms in total. The summed E-state index contributed by atoms with van der Waals surface area (Å²) in [5, 5.41) is 0.626. The van der Waals surface area contributed by atoms with E-state index >= 15 is 0 Å². The van der Waals surface area contributed by atoms with Crippen molar-refractivity contribution >= 4 is 44.4 Å². The Morgan fingerprint density at radius 2 is 2.07 bits per heavy atom. The number of benzene rings is 2. The van der Waals surface area contributed by atoms with Gasteiger partial charge in [0.2, 0.25) is 0 Å². The Balaban J connectivity index is 1.78. The van der Waals surface area contributed by atoms with Crippen LogP contribution in [-0.4, -0.2) is 24.3 Å². The molecule has 0 saturated heterocycles. The summed E-state index contributed by atoms with van der Waals surface area (Å²) in [7, 11) is 1.63. The number of nitrogens with zero attached hydrogens (tertiary/aromatic N) is 2. The first-order valence-corrected chi connectivity index (χ1v) is 10.7. The molecule has 4 rings (SSSR count). The Kier molecular flexibility index (Phi) is 5.36. The number of fused-ring (bicyclic) bond motifs is 1. The van der Waals surface area contributed by atoms with Gasteiger partial charge in [-0.2, -0.15) is 0 Å². The molecule has 142 valence electrons.